The lowest BCUT2D eigenvalue weighted by atomic mass is 10.1. The lowest BCUT2D eigenvalue weighted by Gasteiger charge is -2.22. The number of anilines is 1. The van der Waals surface area contributed by atoms with Crippen molar-refractivity contribution in [2.24, 2.45) is 0 Å². The number of aromatic nitrogens is 1. The number of nitrogens with one attached hydrogen (secondary N) is 2. The first-order chi connectivity index (χ1) is 11.9. The van der Waals surface area contributed by atoms with Gasteiger partial charge in [0, 0.05) is 41.5 Å². The topological polar surface area (TPSA) is 54.0 Å². The maximum atomic E-state index is 13.1. The molecule has 1 saturated heterocycles. The van der Waals surface area contributed by atoms with Gasteiger partial charge in [-0.05, 0) is 6.07 Å². The number of thiazole rings is 1. The van der Waals surface area contributed by atoms with Gasteiger partial charge in [0.15, 0.2) is 5.13 Å². The van der Waals surface area contributed by atoms with Gasteiger partial charge in [-0.2, -0.15) is 24.9 Å². The highest BCUT2D eigenvalue weighted by atomic mass is 35.5. The average Bonchev–Trinajstić information content (AvgIpc) is 3.03. The molecule has 1 aliphatic rings. The zero-order valence-electron chi connectivity index (χ0n) is 13.5. The van der Waals surface area contributed by atoms with Gasteiger partial charge in [-0.1, -0.05) is 18.2 Å². The van der Waals surface area contributed by atoms with Gasteiger partial charge in [0.25, 0.3) is 0 Å². The molecule has 0 radical (unpaired) electrons. The van der Waals surface area contributed by atoms with Crippen molar-refractivity contribution in [3.8, 4) is 11.3 Å². The smallest absolute Gasteiger partial charge is 0.312 e. The SMILES string of the molecule is Cl.O=C(CC1CSCCN1)Nc1nc(-c2ccccc2C(F)(F)F)cs1. The predicted molar refractivity (Wildman–Crippen MR) is 102 cm³/mol. The molecule has 1 aromatic heterocycles. The van der Waals surface area contributed by atoms with E-state index in [0.29, 0.717) is 11.6 Å². The second-order valence-electron chi connectivity index (χ2n) is 5.56. The second kappa shape index (κ2) is 9.07. The summed E-state index contributed by atoms with van der Waals surface area (Å²) in [5.41, 5.74) is -0.515. The van der Waals surface area contributed by atoms with Crippen LogP contribution in [0.1, 0.15) is 12.0 Å². The quantitative estimate of drug-likeness (QED) is 0.770. The fourth-order valence-corrected chi connectivity index (χ4v) is 4.23. The number of rotatable bonds is 4. The summed E-state index contributed by atoms with van der Waals surface area (Å²) in [7, 11) is 0. The summed E-state index contributed by atoms with van der Waals surface area (Å²) in [5, 5.41) is 7.77. The highest BCUT2D eigenvalue weighted by molar-refractivity contribution is 7.99. The Kier molecular flexibility index (Phi) is 7.33. The van der Waals surface area contributed by atoms with Crippen LogP contribution in [0.15, 0.2) is 29.6 Å². The molecule has 1 aromatic carbocycles. The van der Waals surface area contributed by atoms with Gasteiger partial charge in [0.2, 0.25) is 5.91 Å². The number of hydrogen-bond acceptors (Lipinski definition) is 5. The number of hydrogen-bond donors (Lipinski definition) is 2. The average molecular weight is 424 g/mol. The minimum absolute atomic E-state index is 0. The van der Waals surface area contributed by atoms with Crippen LogP contribution in [0.5, 0.6) is 0 Å². The van der Waals surface area contributed by atoms with Crippen LogP contribution in [-0.2, 0) is 11.0 Å². The number of nitrogens with zero attached hydrogens (tertiary/aromatic N) is 1. The first-order valence-corrected chi connectivity index (χ1v) is 9.70. The fourth-order valence-electron chi connectivity index (χ4n) is 2.55. The van der Waals surface area contributed by atoms with Crippen LogP contribution in [0.4, 0.5) is 18.3 Å². The lowest BCUT2D eigenvalue weighted by Crippen LogP contribution is -2.39. The molecule has 0 aliphatic carbocycles. The molecule has 2 N–H and O–H groups in total. The molecule has 0 saturated carbocycles. The third-order valence-corrected chi connectivity index (χ3v) is 5.58. The number of benzene rings is 1. The molecule has 2 heterocycles. The standard InChI is InChI=1S/C16H16F3N3OS2.ClH/c17-16(18,19)12-4-2-1-3-11(12)13-9-25-15(21-13)22-14(23)7-10-8-24-6-5-20-10;/h1-4,9-10,20H,5-8H2,(H,21,22,23);1H. The molecule has 142 valence electrons. The van der Waals surface area contributed by atoms with E-state index in [4.69, 9.17) is 0 Å². The molecule has 1 fully saturated rings. The second-order valence-corrected chi connectivity index (χ2v) is 7.57. The Morgan fingerprint density at radius 3 is 2.81 bits per heavy atom. The molecule has 1 amide bonds. The van der Waals surface area contributed by atoms with Crippen LogP contribution in [0.2, 0.25) is 0 Å². The lowest BCUT2D eigenvalue weighted by molar-refractivity contribution is -0.137. The maximum absolute atomic E-state index is 13.1. The van der Waals surface area contributed by atoms with Gasteiger partial charge in [-0.15, -0.1) is 23.7 Å². The summed E-state index contributed by atoms with van der Waals surface area (Å²) in [4.78, 5) is 16.2. The number of halogens is 4. The molecular weight excluding hydrogens is 407 g/mol. The van der Waals surface area contributed by atoms with Crippen LogP contribution in [0.3, 0.4) is 0 Å². The van der Waals surface area contributed by atoms with Gasteiger partial charge in [-0.25, -0.2) is 4.98 Å². The minimum Gasteiger partial charge on any atom is -0.312 e. The normalized spacial score (nSPS) is 17.4. The monoisotopic (exact) mass is 423 g/mol. The summed E-state index contributed by atoms with van der Waals surface area (Å²) in [6.45, 7) is 0.873. The molecular formula is C16H17ClF3N3OS2. The third-order valence-electron chi connectivity index (χ3n) is 3.69. The van der Waals surface area contributed by atoms with Crippen molar-refractivity contribution in [3.05, 3.63) is 35.2 Å². The number of alkyl halides is 3. The first-order valence-electron chi connectivity index (χ1n) is 7.66. The van der Waals surface area contributed by atoms with Gasteiger partial charge in [0.1, 0.15) is 0 Å². The Hall–Kier alpha value is -1.29. The number of thioether (sulfide) groups is 1. The van der Waals surface area contributed by atoms with Crippen molar-refractivity contribution in [2.75, 3.05) is 23.4 Å². The van der Waals surface area contributed by atoms with Crippen molar-refractivity contribution in [3.63, 3.8) is 0 Å². The first kappa shape index (κ1) is 21.0. The largest absolute Gasteiger partial charge is 0.417 e. The Morgan fingerprint density at radius 2 is 2.12 bits per heavy atom. The molecule has 1 aliphatic heterocycles. The Morgan fingerprint density at radius 1 is 1.35 bits per heavy atom. The van der Waals surface area contributed by atoms with E-state index in [1.54, 1.807) is 11.8 Å². The summed E-state index contributed by atoms with van der Waals surface area (Å²) in [6.07, 6.45) is -4.13. The van der Waals surface area contributed by atoms with Gasteiger partial charge in [0.05, 0.1) is 11.3 Å². The fraction of sp³-hybridized carbons (Fsp3) is 0.375. The van der Waals surface area contributed by atoms with Crippen molar-refractivity contribution >= 4 is 46.5 Å². The van der Waals surface area contributed by atoms with E-state index >= 15 is 0 Å². The Bertz CT molecular complexity index is 748. The minimum atomic E-state index is -4.45. The van der Waals surface area contributed by atoms with Gasteiger partial charge < -0.3 is 10.6 Å². The summed E-state index contributed by atoms with van der Waals surface area (Å²) in [6, 6.07) is 5.40. The van der Waals surface area contributed by atoms with Crippen LogP contribution in [0.25, 0.3) is 11.3 Å². The summed E-state index contributed by atoms with van der Waals surface area (Å²) >= 11 is 2.91. The maximum Gasteiger partial charge on any atom is 0.417 e. The van der Waals surface area contributed by atoms with Crippen LogP contribution >= 0.6 is 35.5 Å². The van der Waals surface area contributed by atoms with E-state index in [-0.39, 0.29) is 35.6 Å². The summed E-state index contributed by atoms with van der Waals surface area (Å²) in [5.74, 6) is 1.72. The number of amides is 1. The third kappa shape index (κ3) is 5.35. The van der Waals surface area contributed by atoms with E-state index in [1.807, 2.05) is 0 Å². The van der Waals surface area contributed by atoms with E-state index in [0.717, 1.165) is 35.5 Å². The van der Waals surface area contributed by atoms with E-state index < -0.39 is 11.7 Å². The zero-order chi connectivity index (χ0) is 17.9. The zero-order valence-corrected chi connectivity index (χ0v) is 16.0. The van der Waals surface area contributed by atoms with Crippen LogP contribution in [0, 0.1) is 0 Å². The number of carbonyl (C=O) groups is 1. The van der Waals surface area contributed by atoms with Gasteiger partial charge in [-0.3, -0.25) is 4.79 Å². The highest BCUT2D eigenvalue weighted by Gasteiger charge is 2.33. The molecule has 1 atom stereocenters. The summed E-state index contributed by atoms with van der Waals surface area (Å²) < 4.78 is 39.3. The van der Waals surface area contributed by atoms with E-state index in [9.17, 15) is 18.0 Å². The van der Waals surface area contributed by atoms with Crippen molar-refractivity contribution in [1.29, 1.82) is 0 Å². The van der Waals surface area contributed by atoms with Crippen LogP contribution in [-0.4, -0.2) is 35.0 Å². The van der Waals surface area contributed by atoms with E-state index in [1.165, 1.54) is 23.6 Å². The molecule has 0 bridgehead atoms. The van der Waals surface area contributed by atoms with Crippen molar-refractivity contribution in [2.45, 2.75) is 18.6 Å². The molecule has 10 heteroatoms. The highest BCUT2D eigenvalue weighted by Crippen LogP contribution is 2.37. The Labute approximate surface area is 163 Å². The van der Waals surface area contributed by atoms with Gasteiger partial charge >= 0.3 is 6.18 Å². The number of carbonyl (C=O) groups excluding carboxylic acids is 1. The molecule has 3 rings (SSSR count). The van der Waals surface area contributed by atoms with Crippen molar-refractivity contribution in [1.82, 2.24) is 10.3 Å². The molecule has 26 heavy (non-hydrogen) atoms. The van der Waals surface area contributed by atoms with Crippen molar-refractivity contribution < 1.29 is 18.0 Å². The molecule has 0 spiro atoms. The van der Waals surface area contributed by atoms with E-state index in [2.05, 4.69) is 15.6 Å². The predicted octanol–water partition coefficient (Wildman–Crippen LogP) is 4.28. The van der Waals surface area contributed by atoms with Crippen LogP contribution < -0.4 is 10.6 Å². The molecule has 4 nitrogen and oxygen atoms in total. The Balaban J connectivity index is 0.00000243. The molecule has 2 aromatic rings. The molecule has 1 unspecified atom stereocenters.